The van der Waals surface area contributed by atoms with Crippen molar-refractivity contribution in [2.45, 2.75) is 32.2 Å². The minimum atomic E-state index is -3.97. The van der Waals surface area contributed by atoms with E-state index in [9.17, 15) is 16.8 Å². The van der Waals surface area contributed by atoms with Crippen LogP contribution in [0.5, 0.6) is 0 Å². The lowest BCUT2D eigenvalue weighted by Gasteiger charge is -2.31. The number of hydrogen-bond donors (Lipinski definition) is 2. The molecule has 0 saturated carbocycles. The van der Waals surface area contributed by atoms with Gasteiger partial charge in [-0.15, -0.1) is 0 Å². The zero-order chi connectivity index (χ0) is 13.9. The van der Waals surface area contributed by atoms with Crippen LogP contribution < -0.4 is 10.5 Å². The van der Waals surface area contributed by atoms with Crippen molar-refractivity contribution in [1.82, 2.24) is 4.72 Å². The number of hydrogen-bond acceptors (Lipinski definition) is 5. The lowest BCUT2D eigenvalue weighted by atomic mass is 9.94. The smallest absolute Gasteiger partial charge is 0.226 e. The fraction of sp³-hybridized carbons (Fsp3) is 0.875. The number of nitrogens with one attached hydrogen (secondary N) is 1. The zero-order valence-electron chi connectivity index (χ0n) is 10.1. The normalized spacial score (nSPS) is 13.6. The molecule has 0 rings (SSSR count). The first-order valence-corrected chi connectivity index (χ1v) is 9.09. The summed E-state index contributed by atoms with van der Waals surface area (Å²) in [6.07, 6.45) is 1.58. The maximum atomic E-state index is 11.7. The topological polar surface area (TPSA) is 106 Å². The van der Waals surface area contributed by atoms with Crippen molar-refractivity contribution >= 4 is 37.1 Å². The summed E-state index contributed by atoms with van der Waals surface area (Å²) in [6, 6.07) is 0. The Bertz CT molecular complexity index is 477. The number of nitrogens with two attached hydrogens (primary N) is 1. The molecule has 17 heavy (non-hydrogen) atoms. The predicted molar refractivity (Wildman–Crippen MR) is 71.9 cm³/mol. The first kappa shape index (κ1) is 16.8. The summed E-state index contributed by atoms with van der Waals surface area (Å²) in [5.74, 6) is 0. The van der Waals surface area contributed by atoms with Crippen molar-refractivity contribution < 1.29 is 16.8 Å². The third-order valence-corrected chi connectivity index (χ3v) is 6.45. The van der Waals surface area contributed by atoms with Gasteiger partial charge in [0, 0.05) is 6.26 Å². The molecule has 0 radical (unpaired) electrons. The number of sulfonamides is 1. The molecule has 0 aliphatic heterocycles. The molecule has 0 aromatic carbocycles. The van der Waals surface area contributed by atoms with Crippen LogP contribution in [0, 0.1) is 0 Å². The van der Waals surface area contributed by atoms with Gasteiger partial charge in [0.1, 0.15) is 0 Å². The molecule has 6 nitrogen and oxygen atoms in total. The third-order valence-electron chi connectivity index (χ3n) is 2.40. The SMILES string of the molecule is CCC(CC)(NS(=O)(=O)CS(C)(=O)=O)C(N)=S. The van der Waals surface area contributed by atoms with E-state index >= 15 is 0 Å². The van der Waals surface area contributed by atoms with Gasteiger partial charge in [0.15, 0.2) is 14.9 Å². The summed E-state index contributed by atoms with van der Waals surface area (Å²) in [6.45, 7) is 3.46. The highest BCUT2D eigenvalue weighted by atomic mass is 32.3. The molecular weight excluding hydrogens is 284 g/mol. The van der Waals surface area contributed by atoms with Gasteiger partial charge in [0.2, 0.25) is 10.0 Å². The second kappa shape index (κ2) is 5.59. The molecule has 0 heterocycles. The standard InChI is InChI=1S/C8H18N2O4S3/c1-4-8(5-2,7(9)15)10-17(13,14)6-16(3,11)12/h10H,4-6H2,1-3H3,(H2,9,15). The lowest BCUT2D eigenvalue weighted by Crippen LogP contribution is -2.56. The van der Waals surface area contributed by atoms with Gasteiger partial charge in [-0.25, -0.2) is 21.6 Å². The Balaban J connectivity index is 5.22. The summed E-state index contributed by atoms with van der Waals surface area (Å²) in [7, 11) is -7.60. The Morgan fingerprint density at radius 3 is 1.88 bits per heavy atom. The molecule has 0 atom stereocenters. The van der Waals surface area contributed by atoms with Crippen molar-refractivity contribution in [3.63, 3.8) is 0 Å². The van der Waals surface area contributed by atoms with Gasteiger partial charge in [-0.1, -0.05) is 26.1 Å². The summed E-state index contributed by atoms with van der Waals surface area (Å²) < 4.78 is 47.6. The molecule has 0 amide bonds. The molecule has 0 unspecified atom stereocenters. The number of rotatable bonds is 7. The van der Waals surface area contributed by atoms with Crippen LogP contribution in [0.4, 0.5) is 0 Å². The van der Waals surface area contributed by atoms with E-state index in [1.165, 1.54) is 0 Å². The number of thiocarbonyl (C=S) groups is 1. The third kappa shape index (κ3) is 5.28. The summed E-state index contributed by atoms with van der Waals surface area (Å²) in [5.41, 5.74) is 4.46. The van der Waals surface area contributed by atoms with Gasteiger partial charge in [-0.3, -0.25) is 0 Å². The molecule has 0 aromatic heterocycles. The largest absolute Gasteiger partial charge is 0.392 e. The first-order chi connectivity index (χ1) is 7.48. The average Bonchev–Trinajstić information content (AvgIpc) is 2.09. The number of sulfone groups is 1. The lowest BCUT2D eigenvalue weighted by molar-refractivity contribution is 0.467. The maximum Gasteiger partial charge on any atom is 0.226 e. The highest BCUT2D eigenvalue weighted by molar-refractivity contribution is 8.06. The molecule has 0 aliphatic carbocycles. The Labute approximate surface area is 108 Å². The van der Waals surface area contributed by atoms with E-state index in [1.807, 2.05) is 0 Å². The van der Waals surface area contributed by atoms with Gasteiger partial charge in [0.25, 0.3) is 0 Å². The Morgan fingerprint density at radius 1 is 1.24 bits per heavy atom. The quantitative estimate of drug-likeness (QED) is 0.628. The van der Waals surface area contributed by atoms with Crippen LogP contribution in [0.1, 0.15) is 26.7 Å². The summed E-state index contributed by atoms with van der Waals surface area (Å²) >= 11 is 4.84. The molecule has 0 bridgehead atoms. The van der Waals surface area contributed by atoms with Gasteiger partial charge < -0.3 is 5.73 Å². The second-order valence-corrected chi connectivity index (χ2v) is 8.58. The fourth-order valence-corrected chi connectivity index (χ4v) is 5.29. The van der Waals surface area contributed by atoms with Gasteiger partial charge in [0.05, 0.1) is 10.5 Å². The summed E-state index contributed by atoms with van der Waals surface area (Å²) in [4.78, 5) is 0.0135. The van der Waals surface area contributed by atoms with E-state index in [0.717, 1.165) is 6.26 Å². The van der Waals surface area contributed by atoms with Gasteiger partial charge in [-0.05, 0) is 12.8 Å². The van der Waals surface area contributed by atoms with Crippen LogP contribution in [0.2, 0.25) is 0 Å². The highest BCUT2D eigenvalue weighted by Gasteiger charge is 2.35. The zero-order valence-corrected chi connectivity index (χ0v) is 12.5. The molecule has 0 aliphatic rings. The van der Waals surface area contributed by atoms with Crippen molar-refractivity contribution in [3.8, 4) is 0 Å². The molecule has 9 heteroatoms. The molecular formula is C8H18N2O4S3. The monoisotopic (exact) mass is 302 g/mol. The van der Waals surface area contributed by atoms with E-state index in [4.69, 9.17) is 18.0 Å². The molecule has 0 fully saturated rings. The molecule has 0 aromatic rings. The van der Waals surface area contributed by atoms with Crippen LogP contribution >= 0.6 is 12.2 Å². The predicted octanol–water partition coefficient (Wildman–Crippen LogP) is -0.247. The van der Waals surface area contributed by atoms with Crippen LogP contribution in [-0.2, 0) is 19.9 Å². The maximum absolute atomic E-state index is 11.7. The molecule has 0 spiro atoms. The van der Waals surface area contributed by atoms with Crippen LogP contribution in [0.25, 0.3) is 0 Å². The van der Waals surface area contributed by atoms with E-state index in [0.29, 0.717) is 12.8 Å². The Hall–Kier alpha value is -0.250. The minimum Gasteiger partial charge on any atom is -0.392 e. The van der Waals surface area contributed by atoms with Crippen LogP contribution in [0.3, 0.4) is 0 Å². The van der Waals surface area contributed by atoms with E-state index in [-0.39, 0.29) is 4.99 Å². The van der Waals surface area contributed by atoms with E-state index < -0.39 is 30.5 Å². The van der Waals surface area contributed by atoms with Crippen LogP contribution in [-0.4, -0.2) is 38.7 Å². The average molecular weight is 302 g/mol. The van der Waals surface area contributed by atoms with E-state index in [2.05, 4.69) is 4.72 Å². The highest BCUT2D eigenvalue weighted by Crippen LogP contribution is 2.17. The molecule has 102 valence electrons. The van der Waals surface area contributed by atoms with Gasteiger partial charge in [-0.2, -0.15) is 0 Å². The van der Waals surface area contributed by atoms with Crippen molar-refractivity contribution in [3.05, 3.63) is 0 Å². The first-order valence-electron chi connectivity index (χ1n) is 4.97. The molecule has 0 saturated heterocycles. The minimum absolute atomic E-state index is 0.0135. The van der Waals surface area contributed by atoms with Crippen molar-refractivity contribution in [2.75, 3.05) is 11.3 Å². The fourth-order valence-electron chi connectivity index (χ4n) is 1.40. The van der Waals surface area contributed by atoms with Crippen molar-refractivity contribution in [1.29, 1.82) is 0 Å². The Morgan fingerprint density at radius 2 is 1.65 bits per heavy atom. The van der Waals surface area contributed by atoms with Crippen molar-refractivity contribution in [2.24, 2.45) is 5.73 Å². The van der Waals surface area contributed by atoms with E-state index in [1.54, 1.807) is 13.8 Å². The second-order valence-electron chi connectivity index (χ2n) is 3.91. The molecule has 3 N–H and O–H groups in total. The van der Waals surface area contributed by atoms with Crippen LogP contribution in [0.15, 0.2) is 0 Å². The van der Waals surface area contributed by atoms with Gasteiger partial charge >= 0.3 is 0 Å². The summed E-state index contributed by atoms with van der Waals surface area (Å²) in [5, 5.41) is -0.968. The Kier molecular flexibility index (Phi) is 5.51.